The first-order valence-corrected chi connectivity index (χ1v) is 8.83. The Morgan fingerprint density at radius 2 is 1.68 bits per heavy atom. The van der Waals surface area contributed by atoms with E-state index in [2.05, 4.69) is 5.32 Å². The maximum atomic E-state index is 12.2. The van der Waals surface area contributed by atoms with Crippen LogP contribution in [-0.2, 0) is 14.3 Å². The summed E-state index contributed by atoms with van der Waals surface area (Å²) in [5.74, 6) is -1.19. The number of nitrogens with one attached hydrogen (secondary N) is 1. The molecule has 0 radical (unpaired) electrons. The van der Waals surface area contributed by atoms with Gasteiger partial charge in [-0.15, -0.1) is 0 Å². The van der Waals surface area contributed by atoms with Crippen molar-refractivity contribution in [1.29, 1.82) is 0 Å². The number of anilines is 1. The van der Waals surface area contributed by atoms with Crippen molar-refractivity contribution < 1.29 is 28.6 Å². The number of methoxy groups -OCH3 is 1. The second-order valence-electron chi connectivity index (χ2n) is 6.04. The molecule has 0 saturated heterocycles. The minimum absolute atomic E-state index is 0.255. The average molecular weight is 385 g/mol. The monoisotopic (exact) mass is 385 g/mol. The maximum Gasteiger partial charge on any atom is 0.342 e. The van der Waals surface area contributed by atoms with Gasteiger partial charge in [0.1, 0.15) is 11.3 Å². The Kier molecular flexibility index (Phi) is 7.56. The molecule has 7 nitrogen and oxygen atoms in total. The van der Waals surface area contributed by atoms with Crippen LogP contribution >= 0.6 is 0 Å². The number of carbonyl (C=O) groups excluding carboxylic acids is 3. The Hall–Kier alpha value is -3.35. The molecule has 1 N–H and O–H groups in total. The molecule has 0 unspecified atom stereocenters. The van der Waals surface area contributed by atoms with Crippen LogP contribution in [0.3, 0.4) is 0 Å². The first kappa shape index (κ1) is 21.0. The van der Waals surface area contributed by atoms with Crippen molar-refractivity contribution >= 4 is 23.5 Å². The number of rotatable bonds is 8. The first-order chi connectivity index (χ1) is 13.4. The molecule has 0 saturated carbocycles. The van der Waals surface area contributed by atoms with Gasteiger partial charge in [0.05, 0.1) is 19.3 Å². The number of hydrogen-bond donors (Lipinski definition) is 1. The van der Waals surface area contributed by atoms with Gasteiger partial charge in [0, 0.05) is 5.69 Å². The van der Waals surface area contributed by atoms with Gasteiger partial charge >= 0.3 is 11.9 Å². The van der Waals surface area contributed by atoms with Crippen molar-refractivity contribution in [1.82, 2.24) is 0 Å². The molecule has 0 heterocycles. The summed E-state index contributed by atoms with van der Waals surface area (Å²) in [6.45, 7) is 3.66. The topological polar surface area (TPSA) is 90.9 Å². The van der Waals surface area contributed by atoms with Gasteiger partial charge in [-0.2, -0.15) is 0 Å². The molecule has 2 aromatic rings. The molecule has 28 heavy (non-hydrogen) atoms. The summed E-state index contributed by atoms with van der Waals surface area (Å²) in [6, 6.07) is 11.4. The minimum atomic E-state index is -0.648. The standard InChI is InChI=1S/C21H23NO6/c1-4-11-27-20(24)15-6-8-16(9-7-15)22-19(23)13-28-21(25)17-12-14(2)5-10-18(17)26-3/h5-10,12H,4,11,13H2,1-3H3,(H,22,23). The van der Waals surface area contributed by atoms with Gasteiger partial charge in [-0.3, -0.25) is 4.79 Å². The largest absolute Gasteiger partial charge is 0.496 e. The number of carbonyl (C=O) groups is 3. The van der Waals surface area contributed by atoms with Gasteiger partial charge in [0.2, 0.25) is 0 Å². The highest BCUT2D eigenvalue weighted by molar-refractivity contribution is 5.97. The number of ether oxygens (including phenoxy) is 3. The van der Waals surface area contributed by atoms with Gasteiger partial charge in [-0.25, -0.2) is 9.59 Å². The fourth-order valence-electron chi connectivity index (χ4n) is 2.35. The number of aryl methyl sites for hydroxylation is 1. The van der Waals surface area contributed by atoms with Crippen molar-refractivity contribution in [2.24, 2.45) is 0 Å². The Labute approximate surface area is 163 Å². The lowest BCUT2D eigenvalue weighted by Crippen LogP contribution is -2.21. The predicted octanol–water partition coefficient (Wildman–Crippen LogP) is 3.37. The van der Waals surface area contributed by atoms with Gasteiger partial charge in [-0.1, -0.05) is 18.6 Å². The molecule has 0 aromatic heterocycles. The van der Waals surface area contributed by atoms with Crippen LogP contribution in [-0.4, -0.2) is 38.2 Å². The number of amides is 1. The van der Waals surface area contributed by atoms with Crippen molar-refractivity contribution in [3.63, 3.8) is 0 Å². The molecule has 0 atom stereocenters. The molecule has 2 rings (SSSR count). The van der Waals surface area contributed by atoms with E-state index in [-0.39, 0.29) is 5.56 Å². The summed E-state index contributed by atoms with van der Waals surface area (Å²) in [6.07, 6.45) is 0.743. The van der Waals surface area contributed by atoms with E-state index in [1.807, 2.05) is 19.9 Å². The van der Waals surface area contributed by atoms with Crippen LogP contribution in [0.25, 0.3) is 0 Å². The third-order valence-corrected chi connectivity index (χ3v) is 3.75. The van der Waals surface area contributed by atoms with E-state index in [0.717, 1.165) is 12.0 Å². The molecule has 0 aliphatic carbocycles. The van der Waals surface area contributed by atoms with E-state index in [9.17, 15) is 14.4 Å². The summed E-state index contributed by atoms with van der Waals surface area (Å²) in [5, 5.41) is 2.60. The zero-order valence-electron chi connectivity index (χ0n) is 16.1. The first-order valence-electron chi connectivity index (χ1n) is 8.83. The Balaban J connectivity index is 1.89. The molecule has 0 aliphatic heterocycles. The third-order valence-electron chi connectivity index (χ3n) is 3.75. The van der Waals surface area contributed by atoms with Crippen molar-refractivity contribution in [3.8, 4) is 5.75 Å². The molecular weight excluding hydrogens is 362 g/mol. The summed E-state index contributed by atoms with van der Waals surface area (Å²) >= 11 is 0. The smallest absolute Gasteiger partial charge is 0.342 e. The molecule has 0 fully saturated rings. The summed E-state index contributed by atoms with van der Waals surface area (Å²) in [5.41, 5.74) is 1.99. The lowest BCUT2D eigenvalue weighted by atomic mass is 10.1. The number of benzene rings is 2. The van der Waals surface area contributed by atoms with Crippen molar-refractivity contribution in [3.05, 3.63) is 59.2 Å². The van der Waals surface area contributed by atoms with Crippen LogP contribution in [0.4, 0.5) is 5.69 Å². The Morgan fingerprint density at radius 1 is 0.964 bits per heavy atom. The summed E-state index contributed by atoms with van der Waals surface area (Å²) in [7, 11) is 1.45. The van der Waals surface area contributed by atoms with Gasteiger partial charge < -0.3 is 19.5 Å². The molecule has 148 valence electrons. The molecular formula is C21H23NO6. The maximum absolute atomic E-state index is 12.2. The van der Waals surface area contributed by atoms with Crippen molar-refractivity contribution in [2.75, 3.05) is 25.6 Å². The number of hydrogen-bond acceptors (Lipinski definition) is 6. The van der Waals surface area contributed by atoms with Crippen LogP contribution < -0.4 is 10.1 Å². The lowest BCUT2D eigenvalue weighted by molar-refractivity contribution is -0.119. The predicted molar refractivity (Wildman–Crippen MR) is 104 cm³/mol. The van der Waals surface area contributed by atoms with Gasteiger partial charge in [-0.05, 0) is 49.7 Å². The van der Waals surface area contributed by atoms with Gasteiger partial charge in [0.15, 0.2) is 6.61 Å². The third kappa shape index (κ3) is 5.84. The Bertz CT molecular complexity index is 844. The van der Waals surface area contributed by atoms with E-state index in [1.54, 1.807) is 36.4 Å². The highest BCUT2D eigenvalue weighted by Crippen LogP contribution is 2.20. The highest BCUT2D eigenvalue weighted by atomic mass is 16.5. The van der Waals surface area contributed by atoms with E-state index in [1.165, 1.54) is 7.11 Å². The van der Waals surface area contributed by atoms with E-state index in [0.29, 0.717) is 23.6 Å². The van der Waals surface area contributed by atoms with Crippen LogP contribution in [0.15, 0.2) is 42.5 Å². The molecule has 0 bridgehead atoms. The second kappa shape index (κ2) is 10.1. The molecule has 0 spiro atoms. The Morgan fingerprint density at radius 3 is 2.32 bits per heavy atom. The van der Waals surface area contributed by atoms with Crippen LogP contribution in [0, 0.1) is 6.92 Å². The van der Waals surface area contributed by atoms with Crippen molar-refractivity contribution in [2.45, 2.75) is 20.3 Å². The fourth-order valence-corrected chi connectivity index (χ4v) is 2.35. The highest BCUT2D eigenvalue weighted by Gasteiger charge is 2.16. The quantitative estimate of drug-likeness (QED) is 0.701. The van der Waals surface area contributed by atoms with E-state index >= 15 is 0 Å². The zero-order chi connectivity index (χ0) is 20.5. The van der Waals surface area contributed by atoms with Gasteiger partial charge in [0.25, 0.3) is 5.91 Å². The SMILES string of the molecule is CCCOC(=O)c1ccc(NC(=O)COC(=O)c2cc(C)ccc2OC)cc1. The molecule has 7 heteroatoms. The van der Waals surface area contributed by atoms with E-state index < -0.39 is 24.5 Å². The normalized spacial score (nSPS) is 10.1. The summed E-state index contributed by atoms with van der Waals surface area (Å²) in [4.78, 5) is 36.0. The molecule has 0 aliphatic rings. The minimum Gasteiger partial charge on any atom is -0.496 e. The zero-order valence-corrected chi connectivity index (χ0v) is 16.1. The molecule has 1 amide bonds. The van der Waals surface area contributed by atoms with Crippen LogP contribution in [0.5, 0.6) is 5.75 Å². The van der Waals surface area contributed by atoms with Crippen LogP contribution in [0.2, 0.25) is 0 Å². The van der Waals surface area contributed by atoms with E-state index in [4.69, 9.17) is 14.2 Å². The molecule has 2 aromatic carbocycles. The van der Waals surface area contributed by atoms with Crippen LogP contribution in [0.1, 0.15) is 39.6 Å². The fraction of sp³-hybridized carbons (Fsp3) is 0.286. The lowest BCUT2D eigenvalue weighted by Gasteiger charge is -2.10. The second-order valence-corrected chi connectivity index (χ2v) is 6.04. The number of esters is 2. The average Bonchev–Trinajstić information content (AvgIpc) is 2.70. The summed E-state index contributed by atoms with van der Waals surface area (Å²) < 4.78 is 15.2.